The Morgan fingerprint density at radius 2 is 1.68 bits per heavy atom. The smallest absolute Gasteiger partial charge is 0.247 e. The first kappa shape index (κ1) is 28.7. The van der Waals surface area contributed by atoms with Crippen LogP contribution >= 0.6 is 0 Å². The van der Waals surface area contributed by atoms with E-state index in [2.05, 4.69) is 27.2 Å². The number of carbonyl (C=O) groups excluding carboxylic acids is 2. The molecule has 0 spiro atoms. The molecule has 0 N–H and O–H groups in total. The molecule has 3 heterocycles. The molecule has 0 fully saturated rings. The van der Waals surface area contributed by atoms with Crippen LogP contribution in [0.2, 0.25) is 0 Å². The van der Waals surface area contributed by atoms with Crippen LogP contribution < -0.4 is 0 Å². The van der Waals surface area contributed by atoms with Gasteiger partial charge in [0.2, 0.25) is 11.8 Å². The Labute approximate surface area is 257 Å². The molecule has 0 saturated carbocycles. The summed E-state index contributed by atoms with van der Waals surface area (Å²) in [5.74, 6) is -0.308. The highest BCUT2D eigenvalue weighted by Crippen LogP contribution is 2.23. The Hall–Kier alpha value is -5.37. The van der Waals surface area contributed by atoms with E-state index >= 15 is 0 Å². The van der Waals surface area contributed by atoms with Gasteiger partial charge in [0.1, 0.15) is 18.7 Å². The third-order valence-electron chi connectivity index (χ3n) is 7.96. The zero-order valence-electron chi connectivity index (χ0n) is 24.7. The fourth-order valence-corrected chi connectivity index (χ4v) is 5.53. The van der Waals surface area contributed by atoms with Gasteiger partial charge in [-0.2, -0.15) is 5.10 Å². The molecule has 0 aliphatic carbocycles. The van der Waals surface area contributed by atoms with Gasteiger partial charge in [-0.05, 0) is 65.4 Å². The number of hydrogen-bond acceptors (Lipinski definition) is 5. The molecule has 2 aromatic heterocycles. The second kappa shape index (κ2) is 13.3. The molecule has 220 valence electrons. The van der Waals surface area contributed by atoms with Crippen molar-refractivity contribution in [2.45, 2.75) is 38.9 Å². The first-order chi connectivity index (χ1) is 21.5. The van der Waals surface area contributed by atoms with Gasteiger partial charge in [-0.15, -0.1) is 0 Å². The number of hydrogen-bond donors (Lipinski definition) is 0. The highest BCUT2D eigenvalue weighted by molar-refractivity contribution is 5.95. The molecular formula is C36H34N6O2. The Bertz CT molecular complexity index is 1730. The van der Waals surface area contributed by atoms with Crippen molar-refractivity contribution in [3.05, 3.63) is 149 Å². The summed E-state index contributed by atoms with van der Waals surface area (Å²) in [7, 11) is 0. The summed E-state index contributed by atoms with van der Waals surface area (Å²) in [6, 6.07) is 29.1. The van der Waals surface area contributed by atoms with E-state index in [0.29, 0.717) is 25.2 Å². The van der Waals surface area contributed by atoms with Crippen LogP contribution in [0.15, 0.2) is 116 Å². The Kier molecular flexibility index (Phi) is 8.68. The van der Waals surface area contributed by atoms with Gasteiger partial charge < -0.3 is 9.80 Å². The summed E-state index contributed by atoms with van der Waals surface area (Å²) >= 11 is 0. The number of pyridine rings is 1. The lowest BCUT2D eigenvalue weighted by Crippen LogP contribution is -2.52. The summed E-state index contributed by atoms with van der Waals surface area (Å²) < 4.78 is 1.68. The van der Waals surface area contributed by atoms with E-state index in [0.717, 1.165) is 34.4 Å². The van der Waals surface area contributed by atoms with E-state index in [4.69, 9.17) is 0 Å². The average molecular weight is 583 g/mol. The highest BCUT2D eigenvalue weighted by atomic mass is 16.2. The van der Waals surface area contributed by atoms with Gasteiger partial charge in [-0.25, -0.2) is 9.67 Å². The zero-order chi connectivity index (χ0) is 30.3. The van der Waals surface area contributed by atoms with Crippen molar-refractivity contribution in [3.8, 4) is 5.69 Å². The van der Waals surface area contributed by atoms with Gasteiger partial charge in [0.05, 0.1) is 11.4 Å². The molecule has 8 heteroatoms. The number of benzene rings is 3. The van der Waals surface area contributed by atoms with E-state index in [1.54, 1.807) is 28.2 Å². The molecule has 1 aliphatic rings. The quantitative estimate of drug-likeness (QED) is 0.223. The molecule has 2 amide bonds. The monoisotopic (exact) mass is 582 g/mol. The molecular weight excluding hydrogens is 548 g/mol. The van der Waals surface area contributed by atoms with E-state index in [1.807, 2.05) is 90.7 Å². The maximum Gasteiger partial charge on any atom is 0.247 e. The topological polar surface area (TPSA) is 84.2 Å². The minimum atomic E-state index is -0.708. The molecule has 6 rings (SSSR count). The van der Waals surface area contributed by atoms with Crippen LogP contribution in [0, 0.1) is 6.92 Å². The van der Waals surface area contributed by atoms with Gasteiger partial charge >= 0.3 is 0 Å². The molecule has 0 unspecified atom stereocenters. The predicted molar refractivity (Wildman–Crippen MR) is 169 cm³/mol. The van der Waals surface area contributed by atoms with Crippen molar-refractivity contribution in [3.63, 3.8) is 0 Å². The SMILES string of the molecule is Cc1ccc(C=CC(=O)N(Cc2ccc(-n3cncn3)cc2)[C@@H](Cc2ccccc2)C(=O)N2CCc3ccccc3C2)nc1. The lowest BCUT2D eigenvalue weighted by Gasteiger charge is -2.37. The predicted octanol–water partition coefficient (Wildman–Crippen LogP) is 5.21. The summed E-state index contributed by atoms with van der Waals surface area (Å²) in [6.07, 6.45) is 9.33. The highest BCUT2D eigenvalue weighted by Gasteiger charge is 2.34. The van der Waals surface area contributed by atoms with Crippen LogP contribution in [0.1, 0.15) is 33.5 Å². The second-order valence-electron chi connectivity index (χ2n) is 11.1. The molecule has 0 radical (unpaired) electrons. The van der Waals surface area contributed by atoms with E-state index in [1.165, 1.54) is 18.0 Å². The van der Waals surface area contributed by atoms with Crippen LogP contribution in [-0.2, 0) is 35.5 Å². The maximum absolute atomic E-state index is 14.4. The number of rotatable bonds is 9. The molecule has 1 atom stereocenters. The number of fused-ring (bicyclic) bond motifs is 1. The fourth-order valence-electron chi connectivity index (χ4n) is 5.53. The van der Waals surface area contributed by atoms with Gasteiger partial charge in [-0.3, -0.25) is 14.6 Å². The van der Waals surface area contributed by atoms with Crippen molar-refractivity contribution in [1.29, 1.82) is 0 Å². The largest absolute Gasteiger partial charge is 0.336 e. The standard InChI is InChI=1S/C36H34N6O2/c1-27-11-14-32(38-22-27)15-18-35(43)41(23-29-12-16-33(17-13-29)42-26-37-25-39-42)34(21-28-7-3-2-4-8-28)36(44)40-20-19-30-9-5-6-10-31(30)24-40/h2-18,22,25-26,34H,19-21,23-24H2,1H3/t34-/m0/s1. The third-order valence-corrected chi connectivity index (χ3v) is 7.96. The fraction of sp³-hybridized carbons (Fsp3) is 0.194. The van der Waals surface area contributed by atoms with Crippen LogP contribution in [0.25, 0.3) is 11.8 Å². The summed E-state index contributed by atoms with van der Waals surface area (Å²) in [5.41, 5.74) is 6.90. The number of nitrogens with zero attached hydrogens (tertiary/aromatic N) is 6. The van der Waals surface area contributed by atoms with Crippen molar-refractivity contribution in [2.75, 3.05) is 6.54 Å². The first-order valence-corrected chi connectivity index (χ1v) is 14.8. The normalized spacial score (nSPS) is 13.4. The van der Waals surface area contributed by atoms with E-state index in [-0.39, 0.29) is 18.4 Å². The van der Waals surface area contributed by atoms with Gasteiger partial charge in [0.25, 0.3) is 0 Å². The third kappa shape index (κ3) is 6.81. The average Bonchev–Trinajstić information content (AvgIpc) is 3.61. The summed E-state index contributed by atoms with van der Waals surface area (Å²) in [6.45, 7) is 3.37. The Morgan fingerprint density at radius 3 is 2.41 bits per heavy atom. The lowest BCUT2D eigenvalue weighted by molar-refractivity contribution is -0.144. The van der Waals surface area contributed by atoms with Gasteiger partial charge in [-0.1, -0.05) is 72.8 Å². The number of aromatic nitrogens is 4. The van der Waals surface area contributed by atoms with E-state index in [9.17, 15) is 9.59 Å². The summed E-state index contributed by atoms with van der Waals surface area (Å²) in [5, 5.41) is 4.21. The first-order valence-electron chi connectivity index (χ1n) is 14.8. The number of carbonyl (C=O) groups is 2. The minimum Gasteiger partial charge on any atom is -0.336 e. The van der Waals surface area contributed by atoms with Crippen molar-refractivity contribution in [2.24, 2.45) is 0 Å². The zero-order valence-corrected chi connectivity index (χ0v) is 24.7. The van der Waals surface area contributed by atoms with Crippen LogP contribution in [-0.4, -0.2) is 53.9 Å². The van der Waals surface area contributed by atoms with Crippen molar-refractivity contribution in [1.82, 2.24) is 29.5 Å². The lowest BCUT2D eigenvalue weighted by atomic mass is 9.97. The van der Waals surface area contributed by atoms with Crippen molar-refractivity contribution < 1.29 is 9.59 Å². The molecule has 0 saturated heterocycles. The summed E-state index contributed by atoms with van der Waals surface area (Å²) in [4.78, 5) is 40.6. The Morgan fingerprint density at radius 1 is 0.909 bits per heavy atom. The van der Waals surface area contributed by atoms with Crippen LogP contribution in [0.5, 0.6) is 0 Å². The molecule has 44 heavy (non-hydrogen) atoms. The van der Waals surface area contributed by atoms with Gasteiger partial charge in [0.15, 0.2) is 0 Å². The van der Waals surface area contributed by atoms with Crippen LogP contribution in [0.4, 0.5) is 0 Å². The van der Waals surface area contributed by atoms with Gasteiger partial charge in [0, 0.05) is 38.3 Å². The molecule has 3 aromatic carbocycles. The molecule has 1 aliphatic heterocycles. The van der Waals surface area contributed by atoms with E-state index < -0.39 is 6.04 Å². The van der Waals surface area contributed by atoms with Crippen molar-refractivity contribution >= 4 is 17.9 Å². The van der Waals surface area contributed by atoms with Crippen LogP contribution in [0.3, 0.4) is 0 Å². The second-order valence-corrected chi connectivity index (χ2v) is 11.1. The number of aryl methyl sites for hydroxylation is 1. The minimum absolute atomic E-state index is 0.0576. The number of amides is 2. The Balaban J connectivity index is 1.34. The molecule has 0 bridgehead atoms. The maximum atomic E-state index is 14.4. The molecule has 8 nitrogen and oxygen atoms in total. The molecule has 5 aromatic rings.